The van der Waals surface area contributed by atoms with Crippen molar-refractivity contribution in [3.63, 3.8) is 0 Å². The van der Waals surface area contributed by atoms with Crippen molar-refractivity contribution in [3.8, 4) is 0 Å². The van der Waals surface area contributed by atoms with Crippen LogP contribution in [0.2, 0.25) is 12.1 Å². The van der Waals surface area contributed by atoms with Crippen molar-refractivity contribution in [1.29, 1.82) is 0 Å². The smallest absolute Gasteiger partial charge is 0.337 e. The second kappa shape index (κ2) is 26.7. The maximum absolute atomic E-state index is 6.42. The van der Waals surface area contributed by atoms with Crippen molar-refractivity contribution in [2.45, 2.75) is 181 Å². The number of hydrogen-bond acceptors (Lipinski definition) is 2. The Hall–Kier alpha value is 0.137. The summed E-state index contributed by atoms with van der Waals surface area (Å²) in [5, 5.41) is 0. The molecular formula is C30H64O2Si. The van der Waals surface area contributed by atoms with Crippen LogP contribution in [0.5, 0.6) is 0 Å². The molecule has 0 aromatic rings. The molecule has 0 heterocycles. The molecule has 3 heteroatoms. The van der Waals surface area contributed by atoms with Crippen LogP contribution in [0, 0.1) is 0 Å². The lowest BCUT2D eigenvalue weighted by atomic mass is 10.0. The minimum atomic E-state index is -1.93. The highest BCUT2D eigenvalue weighted by atomic mass is 28.4. The fourth-order valence-electron chi connectivity index (χ4n) is 4.75. The van der Waals surface area contributed by atoms with Crippen LogP contribution in [0.3, 0.4) is 0 Å². The van der Waals surface area contributed by atoms with Gasteiger partial charge in [-0.05, 0) is 24.9 Å². The Morgan fingerprint density at radius 3 is 0.818 bits per heavy atom. The summed E-state index contributed by atoms with van der Waals surface area (Å²) in [6.07, 6.45) is 30.6. The Kier molecular flexibility index (Phi) is 26.8. The van der Waals surface area contributed by atoms with Crippen molar-refractivity contribution in [2.75, 3.05) is 13.2 Å². The predicted octanol–water partition coefficient (Wildman–Crippen LogP) is 11.1. The van der Waals surface area contributed by atoms with E-state index in [-0.39, 0.29) is 0 Å². The first-order chi connectivity index (χ1) is 16.2. The van der Waals surface area contributed by atoms with Gasteiger partial charge >= 0.3 is 8.56 Å². The Morgan fingerprint density at radius 1 is 0.333 bits per heavy atom. The van der Waals surface area contributed by atoms with Gasteiger partial charge in [-0.25, -0.2) is 0 Å². The number of rotatable bonds is 28. The summed E-state index contributed by atoms with van der Waals surface area (Å²) in [5.41, 5.74) is 0. The molecule has 0 N–H and O–H groups in total. The van der Waals surface area contributed by atoms with Gasteiger partial charge in [-0.1, -0.05) is 156 Å². The lowest BCUT2D eigenvalue weighted by Crippen LogP contribution is -2.41. The van der Waals surface area contributed by atoms with Gasteiger partial charge in [0.05, 0.1) is 0 Å². The molecular weight excluding hydrogens is 420 g/mol. The molecule has 0 aliphatic carbocycles. The van der Waals surface area contributed by atoms with Gasteiger partial charge < -0.3 is 8.85 Å². The standard InChI is InChI=1S/C30H64O2Si/c1-5-9-11-13-15-17-18-19-20-21-22-24-26-28-30-32-33(7-3,8-4)31-29-27-25-23-16-14-12-10-6-2/h5-30H2,1-4H3. The van der Waals surface area contributed by atoms with Gasteiger partial charge in [0.2, 0.25) is 0 Å². The van der Waals surface area contributed by atoms with Gasteiger partial charge in [0.1, 0.15) is 0 Å². The Balaban J connectivity index is 3.54. The molecule has 0 fully saturated rings. The lowest BCUT2D eigenvalue weighted by molar-refractivity contribution is 0.163. The van der Waals surface area contributed by atoms with Crippen LogP contribution in [-0.4, -0.2) is 21.8 Å². The van der Waals surface area contributed by atoms with E-state index in [1.165, 1.54) is 141 Å². The maximum atomic E-state index is 6.42. The van der Waals surface area contributed by atoms with E-state index >= 15 is 0 Å². The number of hydrogen-bond donors (Lipinski definition) is 0. The molecule has 0 aromatic carbocycles. The molecule has 2 nitrogen and oxygen atoms in total. The zero-order valence-electron chi connectivity index (χ0n) is 23.7. The molecule has 0 radical (unpaired) electrons. The van der Waals surface area contributed by atoms with E-state index in [4.69, 9.17) is 8.85 Å². The highest BCUT2D eigenvalue weighted by Gasteiger charge is 2.33. The SMILES string of the molecule is CCCCCCCCCCCCCCCCO[Si](CC)(CC)OCCCCCCCCCC. The summed E-state index contributed by atoms with van der Waals surface area (Å²) in [6, 6.07) is 2.19. The first kappa shape index (κ1) is 33.1. The van der Waals surface area contributed by atoms with Crippen LogP contribution < -0.4 is 0 Å². The van der Waals surface area contributed by atoms with Crippen molar-refractivity contribution < 1.29 is 8.85 Å². The molecule has 0 aliphatic rings. The third-order valence-corrected chi connectivity index (χ3v) is 10.9. The van der Waals surface area contributed by atoms with Crippen molar-refractivity contribution in [2.24, 2.45) is 0 Å². The number of unbranched alkanes of at least 4 members (excludes halogenated alkanes) is 20. The highest BCUT2D eigenvalue weighted by molar-refractivity contribution is 6.67. The van der Waals surface area contributed by atoms with Crippen LogP contribution in [0.4, 0.5) is 0 Å². The quantitative estimate of drug-likeness (QED) is 0.0811. The topological polar surface area (TPSA) is 18.5 Å². The molecule has 0 rings (SSSR count). The van der Waals surface area contributed by atoms with E-state index in [1.807, 2.05) is 0 Å². The van der Waals surface area contributed by atoms with Crippen LogP contribution in [0.25, 0.3) is 0 Å². The fraction of sp³-hybridized carbons (Fsp3) is 1.00. The fourth-order valence-corrected chi connectivity index (χ4v) is 7.18. The minimum Gasteiger partial charge on any atom is -0.394 e. The normalized spacial score (nSPS) is 12.0. The molecule has 0 unspecified atom stereocenters. The molecule has 0 aromatic heterocycles. The van der Waals surface area contributed by atoms with Gasteiger partial charge in [0.15, 0.2) is 0 Å². The Labute approximate surface area is 211 Å². The van der Waals surface area contributed by atoms with Gasteiger partial charge in [-0.3, -0.25) is 0 Å². The second-order valence-corrected chi connectivity index (χ2v) is 14.2. The van der Waals surface area contributed by atoms with Crippen molar-refractivity contribution in [1.82, 2.24) is 0 Å². The van der Waals surface area contributed by atoms with Crippen LogP contribution in [0.15, 0.2) is 0 Å². The zero-order chi connectivity index (χ0) is 24.3. The Morgan fingerprint density at radius 2 is 0.576 bits per heavy atom. The molecule has 0 saturated carbocycles. The molecule has 33 heavy (non-hydrogen) atoms. The minimum absolute atomic E-state index is 0.918. The summed E-state index contributed by atoms with van der Waals surface area (Å²) >= 11 is 0. The van der Waals surface area contributed by atoms with E-state index < -0.39 is 8.56 Å². The molecule has 0 spiro atoms. The average Bonchev–Trinajstić information content (AvgIpc) is 2.84. The largest absolute Gasteiger partial charge is 0.394 e. The summed E-state index contributed by atoms with van der Waals surface area (Å²) < 4.78 is 12.8. The van der Waals surface area contributed by atoms with Gasteiger partial charge in [-0.15, -0.1) is 0 Å². The van der Waals surface area contributed by atoms with E-state index in [1.54, 1.807) is 0 Å². The van der Waals surface area contributed by atoms with Crippen LogP contribution in [0.1, 0.15) is 169 Å². The maximum Gasteiger partial charge on any atom is 0.337 e. The van der Waals surface area contributed by atoms with Gasteiger partial charge in [-0.2, -0.15) is 0 Å². The molecule has 0 amide bonds. The summed E-state index contributed by atoms with van der Waals surface area (Å²) in [5.74, 6) is 0. The monoisotopic (exact) mass is 484 g/mol. The first-order valence-corrected chi connectivity index (χ1v) is 17.8. The molecule has 200 valence electrons. The van der Waals surface area contributed by atoms with E-state index in [2.05, 4.69) is 27.7 Å². The van der Waals surface area contributed by atoms with E-state index in [0.29, 0.717) is 0 Å². The van der Waals surface area contributed by atoms with Gasteiger partial charge in [0, 0.05) is 13.2 Å². The summed E-state index contributed by atoms with van der Waals surface area (Å²) in [6.45, 7) is 11.0. The van der Waals surface area contributed by atoms with Crippen LogP contribution >= 0.6 is 0 Å². The highest BCUT2D eigenvalue weighted by Crippen LogP contribution is 2.21. The third-order valence-electron chi connectivity index (χ3n) is 7.30. The second-order valence-electron chi connectivity index (χ2n) is 10.4. The van der Waals surface area contributed by atoms with Crippen molar-refractivity contribution >= 4 is 8.56 Å². The molecule has 0 aliphatic heterocycles. The molecule has 0 bridgehead atoms. The average molecular weight is 485 g/mol. The van der Waals surface area contributed by atoms with Crippen LogP contribution in [-0.2, 0) is 8.85 Å². The van der Waals surface area contributed by atoms with Gasteiger partial charge in [0.25, 0.3) is 0 Å². The lowest BCUT2D eigenvalue weighted by Gasteiger charge is -2.29. The summed E-state index contributed by atoms with van der Waals surface area (Å²) in [4.78, 5) is 0. The van der Waals surface area contributed by atoms with E-state index in [9.17, 15) is 0 Å². The van der Waals surface area contributed by atoms with Crippen molar-refractivity contribution in [3.05, 3.63) is 0 Å². The molecule has 0 saturated heterocycles. The zero-order valence-corrected chi connectivity index (χ0v) is 24.7. The Bertz CT molecular complexity index is 357. The van der Waals surface area contributed by atoms with E-state index in [0.717, 1.165) is 25.3 Å². The third kappa shape index (κ3) is 22.4. The first-order valence-electron chi connectivity index (χ1n) is 15.5. The predicted molar refractivity (Wildman–Crippen MR) is 152 cm³/mol. The molecule has 0 atom stereocenters. The summed E-state index contributed by atoms with van der Waals surface area (Å²) in [7, 11) is -1.93.